The van der Waals surface area contributed by atoms with E-state index in [0.717, 1.165) is 11.1 Å². The standard InChI is InChI=1S/C15H11NO3/c1-19-15(18)12-4-2-3-10(7-12)11-5-6-13(9-16)14(17)8-11/h2-8,17H,1H3. The molecule has 0 atom stereocenters. The molecule has 0 aromatic heterocycles. The summed E-state index contributed by atoms with van der Waals surface area (Å²) in [5.74, 6) is -0.497. The molecule has 0 heterocycles. The molecule has 94 valence electrons. The van der Waals surface area contributed by atoms with Crippen molar-refractivity contribution in [1.82, 2.24) is 0 Å². The van der Waals surface area contributed by atoms with Crippen LogP contribution in [0.15, 0.2) is 42.5 Å². The van der Waals surface area contributed by atoms with Crippen LogP contribution in [0, 0.1) is 11.3 Å². The van der Waals surface area contributed by atoms with Crippen molar-refractivity contribution in [2.45, 2.75) is 0 Å². The number of carbonyl (C=O) groups is 1. The summed E-state index contributed by atoms with van der Waals surface area (Å²) in [5, 5.41) is 18.4. The molecule has 0 bridgehead atoms. The monoisotopic (exact) mass is 253 g/mol. The summed E-state index contributed by atoms with van der Waals surface area (Å²) in [6.07, 6.45) is 0. The highest BCUT2D eigenvalue weighted by Crippen LogP contribution is 2.26. The van der Waals surface area contributed by atoms with Gasteiger partial charge in [0, 0.05) is 0 Å². The average Bonchev–Trinajstić information content (AvgIpc) is 2.46. The maximum atomic E-state index is 11.4. The van der Waals surface area contributed by atoms with Crippen LogP contribution in [0.3, 0.4) is 0 Å². The third-order valence-electron chi connectivity index (χ3n) is 2.74. The first-order valence-electron chi connectivity index (χ1n) is 5.57. The van der Waals surface area contributed by atoms with E-state index < -0.39 is 5.97 Å². The number of methoxy groups -OCH3 is 1. The van der Waals surface area contributed by atoms with Crippen molar-refractivity contribution in [3.05, 3.63) is 53.6 Å². The van der Waals surface area contributed by atoms with E-state index in [0.29, 0.717) is 5.56 Å². The highest BCUT2D eigenvalue weighted by atomic mass is 16.5. The molecule has 2 aromatic rings. The van der Waals surface area contributed by atoms with Crippen molar-refractivity contribution >= 4 is 5.97 Å². The number of rotatable bonds is 2. The number of ether oxygens (including phenoxy) is 1. The molecule has 4 heteroatoms. The van der Waals surface area contributed by atoms with E-state index in [1.54, 1.807) is 24.3 Å². The topological polar surface area (TPSA) is 70.3 Å². The molecule has 0 amide bonds. The molecule has 0 fully saturated rings. The minimum atomic E-state index is -0.417. The zero-order valence-electron chi connectivity index (χ0n) is 10.3. The summed E-state index contributed by atoms with van der Waals surface area (Å²) in [6.45, 7) is 0. The van der Waals surface area contributed by atoms with Gasteiger partial charge < -0.3 is 9.84 Å². The number of nitriles is 1. The lowest BCUT2D eigenvalue weighted by Crippen LogP contribution is -2.00. The zero-order chi connectivity index (χ0) is 13.8. The van der Waals surface area contributed by atoms with Crippen molar-refractivity contribution < 1.29 is 14.6 Å². The molecule has 0 radical (unpaired) electrons. The molecule has 2 aromatic carbocycles. The van der Waals surface area contributed by atoms with Crippen LogP contribution in [0.2, 0.25) is 0 Å². The summed E-state index contributed by atoms with van der Waals surface area (Å²) >= 11 is 0. The number of carbonyl (C=O) groups excluding carboxylic acids is 1. The zero-order valence-corrected chi connectivity index (χ0v) is 10.3. The van der Waals surface area contributed by atoms with Crippen LogP contribution >= 0.6 is 0 Å². The molecule has 19 heavy (non-hydrogen) atoms. The van der Waals surface area contributed by atoms with Gasteiger partial charge in [-0.2, -0.15) is 5.26 Å². The summed E-state index contributed by atoms with van der Waals surface area (Å²) in [6, 6.07) is 13.5. The van der Waals surface area contributed by atoms with Crippen LogP contribution in [0.1, 0.15) is 15.9 Å². The SMILES string of the molecule is COC(=O)c1cccc(-c2ccc(C#N)c(O)c2)c1. The minimum absolute atomic E-state index is 0.0801. The van der Waals surface area contributed by atoms with Gasteiger partial charge in [0.2, 0.25) is 0 Å². The number of nitrogens with zero attached hydrogens (tertiary/aromatic N) is 1. The fourth-order valence-corrected chi connectivity index (χ4v) is 1.75. The van der Waals surface area contributed by atoms with Gasteiger partial charge >= 0.3 is 5.97 Å². The van der Waals surface area contributed by atoms with Gasteiger partial charge in [0.05, 0.1) is 18.2 Å². The number of phenols is 1. The van der Waals surface area contributed by atoms with E-state index in [1.807, 2.05) is 12.1 Å². The summed E-state index contributed by atoms with van der Waals surface area (Å²) < 4.78 is 4.66. The Kier molecular flexibility index (Phi) is 3.48. The number of aromatic hydroxyl groups is 1. The second-order valence-corrected chi connectivity index (χ2v) is 3.92. The van der Waals surface area contributed by atoms with E-state index in [4.69, 9.17) is 5.26 Å². The Morgan fingerprint density at radius 3 is 2.58 bits per heavy atom. The second kappa shape index (κ2) is 5.23. The Labute approximate surface area is 110 Å². The number of phenolic OH excluding ortho intramolecular Hbond substituents is 1. The van der Waals surface area contributed by atoms with Gasteiger partial charge in [0.15, 0.2) is 0 Å². The Bertz CT molecular complexity index is 671. The first-order valence-corrected chi connectivity index (χ1v) is 5.57. The molecule has 4 nitrogen and oxygen atoms in total. The molecule has 0 aliphatic heterocycles. The van der Waals surface area contributed by atoms with E-state index in [-0.39, 0.29) is 11.3 Å². The molecule has 0 saturated heterocycles. The van der Waals surface area contributed by atoms with E-state index in [2.05, 4.69) is 4.74 Å². The van der Waals surface area contributed by atoms with Gasteiger partial charge in [-0.05, 0) is 35.4 Å². The van der Waals surface area contributed by atoms with Crippen LogP contribution in [0.5, 0.6) is 5.75 Å². The maximum absolute atomic E-state index is 11.4. The molecule has 1 N–H and O–H groups in total. The van der Waals surface area contributed by atoms with Crippen LogP contribution in [-0.4, -0.2) is 18.2 Å². The van der Waals surface area contributed by atoms with Gasteiger partial charge in [-0.3, -0.25) is 0 Å². The van der Waals surface area contributed by atoms with Crippen molar-refractivity contribution in [2.24, 2.45) is 0 Å². The Morgan fingerprint density at radius 2 is 1.95 bits per heavy atom. The Morgan fingerprint density at radius 1 is 1.21 bits per heavy atom. The fourth-order valence-electron chi connectivity index (χ4n) is 1.75. The number of esters is 1. The predicted octanol–water partition coefficient (Wildman–Crippen LogP) is 2.72. The minimum Gasteiger partial charge on any atom is -0.507 e. The number of benzene rings is 2. The quantitative estimate of drug-likeness (QED) is 0.835. The lowest BCUT2D eigenvalue weighted by molar-refractivity contribution is 0.0601. The third-order valence-corrected chi connectivity index (χ3v) is 2.74. The average molecular weight is 253 g/mol. The highest BCUT2D eigenvalue weighted by molar-refractivity contribution is 5.91. The Balaban J connectivity index is 2.45. The van der Waals surface area contributed by atoms with Gasteiger partial charge in [-0.1, -0.05) is 18.2 Å². The van der Waals surface area contributed by atoms with Crippen LogP contribution in [0.25, 0.3) is 11.1 Å². The van der Waals surface area contributed by atoms with Gasteiger partial charge in [0.25, 0.3) is 0 Å². The summed E-state index contributed by atoms with van der Waals surface area (Å²) in [5.41, 5.74) is 2.14. The predicted molar refractivity (Wildman–Crippen MR) is 69.6 cm³/mol. The second-order valence-electron chi connectivity index (χ2n) is 3.92. The van der Waals surface area contributed by atoms with E-state index in [9.17, 15) is 9.90 Å². The molecular weight excluding hydrogens is 242 g/mol. The smallest absolute Gasteiger partial charge is 0.337 e. The Hall–Kier alpha value is -2.80. The molecule has 2 rings (SSSR count). The normalized spacial score (nSPS) is 9.68. The lowest BCUT2D eigenvalue weighted by atomic mass is 10.0. The molecule has 0 spiro atoms. The van der Waals surface area contributed by atoms with Crippen LogP contribution in [-0.2, 0) is 4.74 Å². The van der Waals surface area contributed by atoms with Crippen LogP contribution < -0.4 is 0 Å². The van der Waals surface area contributed by atoms with Crippen molar-refractivity contribution in [3.8, 4) is 22.9 Å². The molecule has 0 saturated carbocycles. The number of hydrogen-bond donors (Lipinski definition) is 1. The fraction of sp³-hybridized carbons (Fsp3) is 0.0667. The molecule has 0 unspecified atom stereocenters. The van der Waals surface area contributed by atoms with E-state index in [1.165, 1.54) is 19.2 Å². The molecular formula is C15H11NO3. The van der Waals surface area contributed by atoms with E-state index >= 15 is 0 Å². The van der Waals surface area contributed by atoms with Gasteiger partial charge in [-0.25, -0.2) is 4.79 Å². The van der Waals surface area contributed by atoms with Gasteiger partial charge in [-0.15, -0.1) is 0 Å². The maximum Gasteiger partial charge on any atom is 0.337 e. The highest BCUT2D eigenvalue weighted by Gasteiger charge is 2.08. The number of hydrogen-bond acceptors (Lipinski definition) is 4. The summed E-state index contributed by atoms with van der Waals surface area (Å²) in [7, 11) is 1.32. The first-order chi connectivity index (χ1) is 9.15. The third kappa shape index (κ3) is 2.55. The van der Waals surface area contributed by atoms with Crippen molar-refractivity contribution in [2.75, 3.05) is 7.11 Å². The first kappa shape index (κ1) is 12.7. The molecule has 0 aliphatic rings. The summed E-state index contributed by atoms with van der Waals surface area (Å²) in [4.78, 5) is 11.4. The lowest BCUT2D eigenvalue weighted by Gasteiger charge is -2.05. The van der Waals surface area contributed by atoms with Crippen molar-refractivity contribution in [1.29, 1.82) is 5.26 Å². The van der Waals surface area contributed by atoms with Crippen LogP contribution in [0.4, 0.5) is 0 Å². The molecule has 0 aliphatic carbocycles. The largest absolute Gasteiger partial charge is 0.507 e. The van der Waals surface area contributed by atoms with Crippen molar-refractivity contribution in [3.63, 3.8) is 0 Å². The van der Waals surface area contributed by atoms with Gasteiger partial charge in [0.1, 0.15) is 11.8 Å².